The maximum Gasteiger partial charge on any atom is 0.259 e. The van der Waals surface area contributed by atoms with Crippen LogP contribution in [0.4, 0.5) is 5.69 Å². The van der Waals surface area contributed by atoms with Gasteiger partial charge >= 0.3 is 0 Å². The van der Waals surface area contributed by atoms with E-state index in [0.29, 0.717) is 12.3 Å². The fourth-order valence-electron chi connectivity index (χ4n) is 1.95. The van der Waals surface area contributed by atoms with E-state index in [4.69, 9.17) is 4.74 Å². The van der Waals surface area contributed by atoms with E-state index in [-0.39, 0.29) is 17.2 Å². The van der Waals surface area contributed by atoms with Crippen LogP contribution in [0.2, 0.25) is 0 Å². The lowest BCUT2D eigenvalue weighted by molar-refractivity contribution is 0.102. The summed E-state index contributed by atoms with van der Waals surface area (Å²) in [5, 5.41) is 12.6. The van der Waals surface area contributed by atoms with Gasteiger partial charge in [0, 0.05) is 18.4 Å². The first kappa shape index (κ1) is 14.1. The van der Waals surface area contributed by atoms with Crippen LogP contribution in [0.15, 0.2) is 42.5 Å². The number of phenols is 1. The molecular formula is C16H17NO3. The van der Waals surface area contributed by atoms with Gasteiger partial charge in [0.1, 0.15) is 5.75 Å². The zero-order valence-corrected chi connectivity index (χ0v) is 11.5. The van der Waals surface area contributed by atoms with Crippen molar-refractivity contribution in [3.63, 3.8) is 0 Å². The lowest BCUT2D eigenvalue weighted by Crippen LogP contribution is -2.13. The second kappa shape index (κ2) is 6.21. The SMILES string of the molecule is COCc1ccccc1NC(=O)c1ccc(C)cc1O. The van der Waals surface area contributed by atoms with E-state index in [2.05, 4.69) is 5.32 Å². The first-order valence-electron chi connectivity index (χ1n) is 6.29. The summed E-state index contributed by atoms with van der Waals surface area (Å²) in [4.78, 5) is 12.2. The number of amides is 1. The summed E-state index contributed by atoms with van der Waals surface area (Å²) in [6, 6.07) is 12.4. The number of ether oxygens (including phenoxy) is 1. The average Bonchev–Trinajstić information content (AvgIpc) is 2.41. The topological polar surface area (TPSA) is 58.6 Å². The fourth-order valence-corrected chi connectivity index (χ4v) is 1.95. The molecule has 2 N–H and O–H groups in total. The average molecular weight is 271 g/mol. The van der Waals surface area contributed by atoms with Crippen molar-refractivity contribution in [2.45, 2.75) is 13.5 Å². The van der Waals surface area contributed by atoms with Crippen molar-refractivity contribution < 1.29 is 14.6 Å². The molecule has 0 heterocycles. The molecule has 0 fully saturated rings. The maximum absolute atomic E-state index is 12.2. The Morgan fingerprint density at radius 1 is 1.25 bits per heavy atom. The highest BCUT2D eigenvalue weighted by molar-refractivity contribution is 6.06. The molecule has 0 aliphatic heterocycles. The Kier molecular flexibility index (Phi) is 4.38. The number of hydrogen-bond donors (Lipinski definition) is 2. The van der Waals surface area contributed by atoms with Crippen LogP contribution in [0.3, 0.4) is 0 Å². The molecule has 4 nitrogen and oxygen atoms in total. The van der Waals surface area contributed by atoms with E-state index in [9.17, 15) is 9.90 Å². The van der Waals surface area contributed by atoms with Gasteiger partial charge in [-0.1, -0.05) is 24.3 Å². The fraction of sp³-hybridized carbons (Fsp3) is 0.188. The van der Waals surface area contributed by atoms with Gasteiger partial charge in [0.2, 0.25) is 0 Å². The molecule has 0 radical (unpaired) electrons. The lowest BCUT2D eigenvalue weighted by atomic mass is 10.1. The number of aryl methyl sites for hydroxylation is 1. The molecule has 0 saturated heterocycles. The number of para-hydroxylation sites is 1. The van der Waals surface area contributed by atoms with Crippen LogP contribution in [0.25, 0.3) is 0 Å². The first-order valence-corrected chi connectivity index (χ1v) is 6.29. The zero-order valence-electron chi connectivity index (χ0n) is 11.5. The standard InChI is InChI=1S/C16H17NO3/c1-11-7-8-13(15(18)9-11)16(19)17-14-6-4-3-5-12(14)10-20-2/h3-9,18H,10H2,1-2H3,(H,17,19). The Morgan fingerprint density at radius 2 is 2.00 bits per heavy atom. The Balaban J connectivity index is 2.23. The van der Waals surface area contributed by atoms with E-state index in [0.717, 1.165) is 11.1 Å². The van der Waals surface area contributed by atoms with Gasteiger partial charge in [-0.25, -0.2) is 0 Å². The molecule has 0 atom stereocenters. The van der Waals surface area contributed by atoms with Gasteiger partial charge in [-0.15, -0.1) is 0 Å². The van der Waals surface area contributed by atoms with Crippen LogP contribution >= 0.6 is 0 Å². The van der Waals surface area contributed by atoms with Crippen molar-refractivity contribution in [2.75, 3.05) is 12.4 Å². The van der Waals surface area contributed by atoms with Crippen molar-refractivity contribution >= 4 is 11.6 Å². The number of aromatic hydroxyl groups is 1. The summed E-state index contributed by atoms with van der Waals surface area (Å²) in [6.45, 7) is 2.27. The quantitative estimate of drug-likeness (QED) is 0.898. The minimum atomic E-state index is -0.342. The molecule has 20 heavy (non-hydrogen) atoms. The third-order valence-electron chi connectivity index (χ3n) is 2.96. The number of carbonyl (C=O) groups excluding carboxylic acids is 1. The molecule has 0 bridgehead atoms. The molecule has 1 amide bonds. The summed E-state index contributed by atoms with van der Waals surface area (Å²) >= 11 is 0. The zero-order chi connectivity index (χ0) is 14.5. The van der Waals surface area contributed by atoms with Crippen LogP contribution in [-0.4, -0.2) is 18.1 Å². The van der Waals surface area contributed by atoms with Gasteiger partial charge in [-0.3, -0.25) is 4.79 Å². The van der Waals surface area contributed by atoms with Gasteiger partial charge in [-0.2, -0.15) is 0 Å². The molecule has 0 aliphatic carbocycles. The second-order valence-electron chi connectivity index (χ2n) is 4.56. The Morgan fingerprint density at radius 3 is 2.70 bits per heavy atom. The highest BCUT2D eigenvalue weighted by atomic mass is 16.5. The van der Waals surface area contributed by atoms with Crippen molar-refractivity contribution in [3.05, 3.63) is 59.2 Å². The highest BCUT2D eigenvalue weighted by Gasteiger charge is 2.12. The number of carbonyl (C=O) groups is 1. The number of rotatable bonds is 4. The lowest BCUT2D eigenvalue weighted by Gasteiger charge is -2.11. The molecule has 104 valence electrons. The van der Waals surface area contributed by atoms with Gasteiger partial charge in [0.05, 0.1) is 12.2 Å². The number of methoxy groups -OCH3 is 1. The van der Waals surface area contributed by atoms with Crippen molar-refractivity contribution in [1.82, 2.24) is 0 Å². The van der Waals surface area contributed by atoms with E-state index < -0.39 is 0 Å². The number of nitrogens with one attached hydrogen (secondary N) is 1. The molecule has 0 saturated carbocycles. The van der Waals surface area contributed by atoms with Gasteiger partial charge in [-0.05, 0) is 30.7 Å². The minimum Gasteiger partial charge on any atom is -0.507 e. The number of anilines is 1. The monoisotopic (exact) mass is 271 g/mol. The van der Waals surface area contributed by atoms with E-state index in [1.807, 2.05) is 25.1 Å². The third-order valence-corrected chi connectivity index (χ3v) is 2.96. The summed E-state index contributed by atoms with van der Waals surface area (Å²) in [7, 11) is 1.60. The van der Waals surface area contributed by atoms with Crippen LogP contribution in [0, 0.1) is 6.92 Å². The van der Waals surface area contributed by atoms with Crippen LogP contribution in [0.1, 0.15) is 21.5 Å². The largest absolute Gasteiger partial charge is 0.507 e. The van der Waals surface area contributed by atoms with Gasteiger partial charge in [0.25, 0.3) is 5.91 Å². The van der Waals surface area contributed by atoms with Crippen molar-refractivity contribution in [2.24, 2.45) is 0 Å². The second-order valence-corrected chi connectivity index (χ2v) is 4.56. The van der Waals surface area contributed by atoms with Crippen LogP contribution in [0.5, 0.6) is 5.75 Å². The molecular weight excluding hydrogens is 254 g/mol. The predicted octanol–water partition coefficient (Wildman–Crippen LogP) is 3.10. The molecule has 2 rings (SSSR count). The van der Waals surface area contributed by atoms with Crippen molar-refractivity contribution in [3.8, 4) is 5.75 Å². The van der Waals surface area contributed by atoms with Crippen LogP contribution in [-0.2, 0) is 11.3 Å². The minimum absolute atomic E-state index is 0.0216. The summed E-state index contributed by atoms with van der Waals surface area (Å²) < 4.78 is 5.09. The summed E-state index contributed by atoms with van der Waals surface area (Å²) in [5.41, 5.74) is 2.72. The highest BCUT2D eigenvalue weighted by Crippen LogP contribution is 2.22. The first-order chi connectivity index (χ1) is 9.61. The Labute approximate surface area is 118 Å². The van der Waals surface area contributed by atoms with E-state index in [1.54, 1.807) is 31.4 Å². The molecule has 2 aromatic rings. The molecule has 2 aromatic carbocycles. The van der Waals surface area contributed by atoms with Gasteiger partial charge < -0.3 is 15.2 Å². The van der Waals surface area contributed by atoms with Gasteiger partial charge in [0.15, 0.2) is 0 Å². The number of phenolic OH excluding ortho intramolecular Hbond substituents is 1. The van der Waals surface area contributed by atoms with Crippen molar-refractivity contribution in [1.29, 1.82) is 0 Å². The third kappa shape index (κ3) is 3.16. The van der Waals surface area contributed by atoms with E-state index in [1.165, 1.54) is 0 Å². The summed E-state index contributed by atoms with van der Waals surface area (Å²) in [6.07, 6.45) is 0. The summed E-state index contributed by atoms with van der Waals surface area (Å²) in [5.74, 6) is -0.363. The molecule has 0 spiro atoms. The maximum atomic E-state index is 12.2. The molecule has 0 aromatic heterocycles. The number of hydrogen-bond acceptors (Lipinski definition) is 3. The molecule has 0 unspecified atom stereocenters. The predicted molar refractivity (Wildman–Crippen MR) is 78.0 cm³/mol. The normalized spacial score (nSPS) is 10.3. The molecule has 4 heteroatoms. The van der Waals surface area contributed by atoms with Crippen LogP contribution < -0.4 is 5.32 Å². The Hall–Kier alpha value is -2.33. The Bertz CT molecular complexity index is 623. The number of benzene rings is 2. The molecule has 0 aliphatic rings. The van der Waals surface area contributed by atoms with E-state index >= 15 is 0 Å². The smallest absolute Gasteiger partial charge is 0.259 e.